The first-order valence-corrected chi connectivity index (χ1v) is 16.6. The zero-order valence-corrected chi connectivity index (χ0v) is 26.9. The van der Waals surface area contributed by atoms with Crippen LogP contribution in [0.2, 0.25) is 10.0 Å². The summed E-state index contributed by atoms with van der Waals surface area (Å²) in [4.78, 5) is 31.1. The van der Waals surface area contributed by atoms with E-state index in [0.717, 1.165) is 81.4 Å². The summed E-state index contributed by atoms with van der Waals surface area (Å²) in [6.07, 6.45) is 6.96. The summed E-state index contributed by atoms with van der Waals surface area (Å²) >= 11 is 12.9. The second kappa shape index (κ2) is 13.8. The molecule has 1 N–H and O–H groups in total. The fourth-order valence-electron chi connectivity index (χ4n) is 7.21. The fourth-order valence-corrected chi connectivity index (χ4v) is 7.51. The number of hydrogen-bond donors (Lipinski definition) is 1. The normalized spacial score (nSPS) is 20.1. The van der Waals surface area contributed by atoms with Gasteiger partial charge < -0.3 is 19.5 Å². The number of rotatable bonds is 9. The molecule has 8 heteroatoms. The van der Waals surface area contributed by atoms with E-state index in [1.165, 1.54) is 6.26 Å². The maximum absolute atomic E-state index is 13.5. The van der Waals surface area contributed by atoms with Gasteiger partial charge in [0.1, 0.15) is 0 Å². The monoisotopic (exact) mass is 643 g/mol. The molecule has 0 spiro atoms. The molecule has 2 aliphatic rings. The van der Waals surface area contributed by atoms with E-state index < -0.39 is 5.54 Å². The van der Waals surface area contributed by atoms with Crippen LogP contribution in [0.4, 0.5) is 0 Å². The SMILES string of the molecule is O=C(NC1(c2ccccc2)CCN(CCCC2(c3ccc(Cl)c(Cl)c3)CCCN(C(=O)c3ccccc3)C2)CC1)c1ccco1. The van der Waals surface area contributed by atoms with Crippen LogP contribution in [0, 0.1) is 0 Å². The van der Waals surface area contributed by atoms with Crippen LogP contribution in [0.1, 0.15) is 70.6 Å². The van der Waals surface area contributed by atoms with Crippen molar-refractivity contribution in [2.24, 2.45) is 0 Å². The summed E-state index contributed by atoms with van der Waals surface area (Å²) < 4.78 is 5.39. The molecule has 0 aliphatic carbocycles. The van der Waals surface area contributed by atoms with Crippen molar-refractivity contribution in [1.29, 1.82) is 0 Å². The Bertz CT molecular complexity index is 1590. The highest BCUT2D eigenvalue weighted by atomic mass is 35.5. The Labute approximate surface area is 275 Å². The molecule has 0 bridgehead atoms. The number of piperidine rings is 2. The number of furan rings is 1. The zero-order valence-electron chi connectivity index (χ0n) is 25.4. The first kappa shape index (κ1) is 31.4. The Morgan fingerprint density at radius 1 is 0.800 bits per heavy atom. The van der Waals surface area contributed by atoms with Gasteiger partial charge in [-0.05, 0) is 92.6 Å². The lowest BCUT2D eigenvalue weighted by Crippen LogP contribution is -2.53. The quantitative estimate of drug-likeness (QED) is 0.201. The lowest BCUT2D eigenvalue weighted by Gasteiger charge is -2.45. The maximum Gasteiger partial charge on any atom is 0.287 e. The number of hydrogen-bond acceptors (Lipinski definition) is 4. The minimum Gasteiger partial charge on any atom is -0.459 e. The highest BCUT2D eigenvalue weighted by Crippen LogP contribution is 2.41. The third-order valence-electron chi connectivity index (χ3n) is 9.68. The Morgan fingerprint density at radius 3 is 2.22 bits per heavy atom. The number of nitrogens with one attached hydrogen (secondary N) is 1. The van der Waals surface area contributed by atoms with E-state index >= 15 is 0 Å². The van der Waals surface area contributed by atoms with Gasteiger partial charge in [0.15, 0.2) is 5.76 Å². The van der Waals surface area contributed by atoms with E-state index in [-0.39, 0.29) is 17.2 Å². The van der Waals surface area contributed by atoms with Crippen LogP contribution in [0.5, 0.6) is 0 Å². The largest absolute Gasteiger partial charge is 0.459 e. The van der Waals surface area contributed by atoms with Gasteiger partial charge >= 0.3 is 0 Å². The highest BCUT2D eigenvalue weighted by Gasteiger charge is 2.40. The molecule has 2 fully saturated rings. The number of amides is 2. The van der Waals surface area contributed by atoms with Gasteiger partial charge in [-0.25, -0.2) is 0 Å². The van der Waals surface area contributed by atoms with Gasteiger partial charge in [0.25, 0.3) is 11.8 Å². The number of halogens is 2. The number of benzene rings is 3. The van der Waals surface area contributed by atoms with Gasteiger partial charge in [-0.1, -0.05) is 77.8 Å². The van der Waals surface area contributed by atoms with E-state index in [9.17, 15) is 9.59 Å². The standard InChI is InChI=1S/C37H39Cl2N3O3/c38-31-16-15-30(26-32(31)39)36(18-9-22-42(27-36)35(44)28-10-3-1-4-11-28)17-8-21-41-23-19-37(20-24-41,29-12-5-2-6-13-29)40-34(43)33-14-7-25-45-33/h1-7,10-16,25-26H,8-9,17-24,27H2,(H,40,43). The predicted octanol–water partition coefficient (Wildman–Crippen LogP) is 7.96. The van der Waals surface area contributed by atoms with Crippen LogP contribution in [0.3, 0.4) is 0 Å². The molecular formula is C37H39Cl2N3O3. The summed E-state index contributed by atoms with van der Waals surface area (Å²) in [6.45, 7) is 4.06. The summed E-state index contributed by atoms with van der Waals surface area (Å²) in [6, 6.07) is 29.2. The van der Waals surface area contributed by atoms with Crippen molar-refractivity contribution in [3.8, 4) is 0 Å². The maximum atomic E-state index is 13.5. The van der Waals surface area contributed by atoms with E-state index in [4.69, 9.17) is 27.6 Å². The van der Waals surface area contributed by atoms with E-state index in [2.05, 4.69) is 28.4 Å². The Kier molecular flexibility index (Phi) is 9.64. The molecule has 6 rings (SSSR count). The van der Waals surface area contributed by atoms with Crippen molar-refractivity contribution in [3.63, 3.8) is 0 Å². The van der Waals surface area contributed by atoms with Crippen LogP contribution in [-0.2, 0) is 11.0 Å². The second-order valence-electron chi connectivity index (χ2n) is 12.4. The molecular weight excluding hydrogens is 605 g/mol. The summed E-state index contributed by atoms with van der Waals surface area (Å²) in [5, 5.41) is 4.41. The molecule has 1 unspecified atom stereocenters. The van der Waals surface area contributed by atoms with Crippen LogP contribution in [0.15, 0.2) is 102 Å². The molecule has 2 saturated heterocycles. The Hall–Kier alpha value is -3.58. The van der Waals surface area contributed by atoms with Crippen molar-refractivity contribution in [2.75, 3.05) is 32.7 Å². The summed E-state index contributed by atoms with van der Waals surface area (Å²) in [7, 11) is 0. The Morgan fingerprint density at radius 2 is 1.53 bits per heavy atom. The first-order valence-electron chi connectivity index (χ1n) is 15.8. The van der Waals surface area contributed by atoms with Crippen LogP contribution in [0.25, 0.3) is 0 Å². The van der Waals surface area contributed by atoms with E-state index in [1.807, 2.05) is 65.6 Å². The molecule has 6 nitrogen and oxygen atoms in total. The molecule has 0 saturated carbocycles. The topological polar surface area (TPSA) is 65.8 Å². The van der Waals surface area contributed by atoms with E-state index in [1.54, 1.807) is 12.1 Å². The van der Waals surface area contributed by atoms with Crippen molar-refractivity contribution < 1.29 is 14.0 Å². The lowest BCUT2D eigenvalue weighted by molar-refractivity contribution is 0.0615. The molecule has 3 heterocycles. The van der Waals surface area contributed by atoms with Gasteiger partial charge in [0, 0.05) is 37.2 Å². The molecule has 3 aromatic carbocycles. The van der Waals surface area contributed by atoms with Gasteiger partial charge in [0.2, 0.25) is 0 Å². The molecule has 2 amide bonds. The second-order valence-corrected chi connectivity index (χ2v) is 13.2. The molecule has 4 aromatic rings. The summed E-state index contributed by atoms with van der Waals surface area (Å²) in [5.41, 5.74) is 2.32. The van der Waals surface area contributed by atoms with Gasteiger partial charge in [-0.15, -0.1) is 0 Å². The van der Waals surface area contributed by atoms with Crippen molar-refractivity contribution >= 4 is 35.0 Å². The highest BCUT2D eigenvalue weighted by molar-refractivity contribution is 6.42. The van der Waals surface area contributed by atoms with Crippen molar-refractivity contribution in [1.82, 2.24) is 15.1 Å². The lowest BCUT2D eigenvalue weighted by atomic mass is 9.70. The van der Waals surface area contributed by atoms with E-state index in [0.29, 0.717) is 22.4 Å². The number of carbonyl (C=O) groups is 2. The van der Waals surface area contributed by atoms with Gasteiger partial charge in [-0.3, -0.25) is 9.59 Å². The number of likely N-dealkylation sites (tertiary alicyclic amines) is 2. The predicted molar refractivity (Wildman–Crippen MR) is 179 cm³/mol. The fraction of sp³-hybridized carbons (Fsp3) is 0.351. The van der Waals surface area contributed by atoms with Crippen molar-refractivity contribution in [3.05, 3.63) is 130 Å². The third-order valence-corrected chi connectivity index (χ3v) is 10.4. The first-order chi connectivity index (χ1) is 21.9. The summed E-state index contributed by atoms with van der Waals surface area (Å²) in [5.74, 6) is 0.213. The minimum absolute atomic E-state index is 0.0737. The molecule has 45 heavy (non-hydrogen) atoms. The number of nitrogens with zero attached hydrogens (tertiary/aromatic N) is 2. The van der Waals surface area contributed by atoms with Gasteiger partial charge in [-0.2, -0.15) is 0 Å². The van der Waals surface area contributed by atoms with Crippen LogP contribution < -0.4 is 5.32 Å². The Balaban J connectivity index is 1.15. The smallest absolute Gasteiger partial charge is 0.287 e. The zero-order chi connectivity index (χ0) is 31.3. The number of carbonyl (C=O) groups excluding carboxylic acids is 2. The molecule has 1 atom stereocenters. The molecule has 0 radical (unpaired) electrons. The molecule has 1 aromatic heterocycles. The molecule has 234 valence electrons. The average molecular weight is 645 g/mol. The van der Waals surface area contributed by atoms with Gasteiger partial charge in [0.05, 0.1) is 21.8 Å². The molecule has 2 aliphatic heterocycles. The van der Waals surface area contributed by atoms with Crippen LogP contribution >= 0.6 is 23.2 Å². The van der Waals surface area contributed by atoms with Crippen LogP contribution in [-0.4, -0.2) is 54.3 Å². The third kappa shape index (κ3) is 6.99. The van der Waals surface area contributed by atoms with Crippen molar-refractivity contribution in [2.45, 2.75) is 49.5 Å². The minimum atomic E-state index is -0.454. The average Bonchev–Trinajstić information content (AvgIpc) is 3.63.